The van der Waals surface area contributed by atoms with Gasteiger partial charge in [-0.3, -0.25) is 14.8 Å². The van der Waals surface area contributed by atoms with Crippen molar-refractivity contribution in [3.63, 3.8) is 0 Å². The van der Waals surface area contributed by atoms with E-state index in [1.165, 1.54) is 19.4 Å². The normalized spacial score (nSPS) is 20.8. The van der Waals surface area contributed by atoms with Crippen molar-refractivity contribution >= 4 is 11.6 Å². The molecule has 0 bridgehead atoms. The van der Waals surface area contributed by atoms with Crippen molar-refractivity contribution < 1.29 is 0 Å². The Morgan fingerprint density at radius 3 is 2.94 bits per heavy atom. The van der Waals surface area contributed by atoms with Gasteiger partial charge in [0.15, 0.2) is 0 Å². The largest absolute Gasteiger partial charge is 0.299 e. The van der Waals surface area contributed by atoms with Crippen molar-refractivity contribution in [2.24, 2.45) is 0 Å². The van der Waals surface area contributed by atoms with Gasteiger partial charge in [-0.15, -0.1) is 0 Å². The summed E-state index contributed by atoms with van der Waals surface area (Å²) in [6.07, 6.45) is 6.00. The monoisotopic (exact) mass is 268 g/mol. The van der Waals surface area contributed by atoms with E-state index in [2.05, 4.69) is 33.7 Å². The molecule has 1 atom stereocenters. The van der Waals surface area contributed by atoms with E-state index < -0.39 is 0 Å². The highest BCUT2D eigenvalue weighted by molar-refractivity contribution is 6.29. The Morgan fingerprint density at radius 2 is 2.28 bits per heavy atom. The molecule has 1 fully saturated rings. The first kappa shape index (κ1) is 13.7. The molecule has 1 saturated heterocycles. The highest BCUT2D eigenvalue weighted by Gasteiger charge is 2.23. The minimum Gasteiger partial charge on any atom is -0.299 e. The quantitative estimate of drug-likeness (QED) is 0.818. The Bertz CT molecular complexity index is 368. The van der Waals surface area contributed by atoms with Gasteiger partial charge in [-0.25, -0.2) is 4.98 Å². The molecular formula is C13H21ClN4. The highest BCUT2D eigenvalue weighted by Crippen LogP contribution is 2.17. The number of nitrogens with zero attached hydrogens (tertiary/aromatic N) is 4. The first-order chi connectivity index (χ1) is 8.69. The number of likely N-dealkylation sites (N-methyl/N-ethyl adjacent to an activating group) is 2. The number of hydrogen-bond donors (Lipinski definition) is 0. The van der Waals surface area contributed by atoms with Crippen molar-refractivity contribution in [3.8, 4) is 0 Å². The molecule has 5 heteroatoms. The highest BCUT2D eigenvalue weighted by atomic mass is 35.5. The molecule has 1 aromatic heterocycles. The zero-order chi connectivity index (χ0) is 13.0. The second-order valence-corrected chi connectivity index (χ2v) is 5.34. The SMILES string of the molecule is CCN1CCCC1CN(C)Cc1cnc(Cl)cn1. The molecule has 1 aliphatic rings. The summed E-state index contributed by atoms with van der Waals surface area (Å²) in [5.41, 5.74) is 0.975. The van der Waals surface area contributed by atoms with E-state index in [-0.39, 0.29) is 0 Å². The second-order valence-electron chi connectivity index (χ2n) is 4.95. The molecule has 0 N–H and O–H groups in total. The summed E-state index contributed by atoms with van der Waals surface area (Å²) in [5.74, 6) is 0. The van der Waals surface area contributed by atoms with Crippen molar-refractivity contribution in [2.45, 2.75) is 32.4 Å². The van der Waals surface area contributed by atoms with E-state index >= 15 is 0 Å². The summed E-state index contributed by atoms with van der Waals surface area (Å²) in [6, 6.07) is 0.695. The van der Waals surface area contributed by atoms with Crippen LogP contribution in [0.1, 0.15) is 25.5 Å². The second kappa shape index (κ2) is 6.45. The van der Waals surface area contributed by atoms with Crippen molar-refractivity contribution in [1.29, 1.82) is 0 Å². The van der Waals surface area contributed by atoms with Crippen LogP contribution >= 0.6 is 11.6 Å². The Kier molecular flexibility index (Phi) is 4.92. The zero-order valence-electron chi connectivity index (χ0n) is 11.1. The summed E-state index contributed by atoms with van der Waals surface area (Å²) in [5, 5.41) is 0.453. The molecule has 0 saturated carbocycles. The predicted octanol–water partition coefficient (Wildman–Crippen LogP) is 2.05. The van der Waals surface area contributed by atoms with Crippen LogP contribution in [-0.4, -0.2) is 52.5 Å². The Hall–Kier alpha value is -0.710. The van der Waals surface area contributed by atoms with Crippen LogP contribution in [0.4, 0.5) is 0 Å². The number of hydrogen-bond acceptors (Lipinski definition) is 4. The maximum atomic E-state index is 5.73. The molecule has 0 amide bonds. The lowest BCUT2D eigenvalue weighted by molar-refractivity contribution is 0.193. The first-order valence-corrected chi connectivity index (χ1v) is 6.96. The molecule has 18 heavy (non-hydrogen) atoms. The molecule has 0 spiro atoms. The van der Waals surface area contributed by atoms with Crippen LogP contribution in [0.3, 0.4) is 0 Å². The third-order valence-corrected chi connectivity index (χ3v) is 3.73. The fraction of sp³-hybridized carbons (Fsp3) is 0.692. The number of rotatable bonds is 5. The van der Waals surface area contributed by atoms with Crippen LogP contribution in [0.5, 0.6) is 0 Å². The molecule has 4 nitrogen and oxygen atoms in total. The van der Waals surface area contributed by atoms with E-state index in [0.717, 1.165) is 25.3 Å². The number of aromatic nitrogens is 2. The Labute approximate surface area is 114 Å². The van der Waals surface area contributed by atoms with E-state index in [9.17, 15) is 0 Å². The molecular weight excluding hydrogens is 248 g/mol. The topological polar surface area (TPSA) is 32.3 Å². The summed E-state index contributed by atoms with van der Waals surface area (Å²) < 4.78 is 0. The van der Waals surface area contributed by atoms with Crippen LogP contribution in [-0.2, 0) is 6.54 Å². The zero-order valence-corrected chi connectivity index (χ0v) is 11.9. The van der Waals surface area contributed by atoms with Gasteiger partial charge >= 0.3 is 0 Å². The fourth-order valence-corrected chi connectivity index (χ4v) is 2.74. The smallest absolute Gasteiger partial charge is 0.147 e. The van der Waals surface area contributed by atoms with Gasteiger partial charge in [0.05, 0.1) is 18.1 Å². The van der Waals surface area contributed by atoms with Gasteiger partial charge < -0.3 is 0 Å². The lowest BCUT2D eigenvalue weighted by atomic mass is 10.2. The number of likely N-dealkylation sites (tertiary alicyclic amines) is 1. The summed E-state index contributed by atoms with van der Waals surface area (Å²) in [6.45, 7) is 6.56. The van der Waals surface area contributed by atoms with Gasteiger partial charge in [0.1, 0.15) is 5.15 Å². The Morgan fingerprint density at radius 1 is 1.44 bits per heavy atom. The predicted molar refractivity (Wildman–Crippen MR) is 73.6 cm³/mol. The van der Waals surface area contributed by atoms with Crippen molar-refractivity contribution in [2.75, 3.05) is 26.7 Å². The molecule has 100 valence electrons. The average molecular weight is 269 g/mol. The van der Waals surface area contributed by atoms with Crippen LogP contribution in [0, 0.1) is 0 Å². The lowest BCUT2D eigenvalue weighted by Gasteiger charge is -2.27. The molecule has 0 radical (unpaired) electrons. The third kappa shape index (κ3) is 3.64. The van der Waals surface area contributed by atoms with E-state index in [1.807, 2.05) is 0 Å². The van der Waals surface area contributed by atoms with E-state index in [1.54, 1.807) is 12.4 Å². The molecule has 2 rings (SSSR count). The number of halogens is 1. The molecule has 1 aliphatic heterocycles. The maximum absolute atomic E-state index is 5.73. The maximum Gasteiger partial charge on any atom is 0.147 e. The Balaban J connectivity index is 1.84. The van der Waals surface area contributed by atoms with Crippen molar-refractivity contribution in [3.05, 3.63) is 23.2 Å². The van der Waals surface area contributed by atoms with Gasteiger partial charge in [-0.05, 0) is 33.0 Å². The lowest BCUT2D eigenvalue weighted by Crippen LogP contribution is -2.38. The minimum absolute atomic E-state index is 0.453. The first-order valence-electron chi connectivity index (χ1n) is 6.58. The van der Waals surface area contributed by atoms with Crippen LogP contribution in [0.2, 0.25) is 5.15 Å². The molecule has 1 aromatic rings. The fourth-order valence-electron chi connectivity index (χ4n) is 2.64. The van der Waals surface area contributed by atoms with Gasteiger partial charge in [-0.1, -0.05) is 18.5 Å². The molecule has 2 heterocycles. The van der Waals surface area contributed by atoms with Gasteiger partial charge in [0.25, 0.3) is 0 Å². The van der Waals surface area contributed by atoms with E-state index in [4.69, 9.17) is 11.6 Å². The average Bonchev–Trinajstić information content (AvgIpc) is 2.79. The van der Waals surface area contributed by atoms with Crippen LogP contribution in [0.25, 0.3) is 0 Å². The minimum atomic E-state index is 0.453. The van der Waals surface area contributed by atoms with Gasteiger partial charge in [0, 0.05) is 19.1 Å². The summed E-state index contributed by atoms with van der Waals surface area (Å²) in [4.78, 5) is 13.2. The summed E-state index contributed by atoms with van der Waals surface area (Å²) >= 11 is 5.73. The molecule has 0 aromatic carbocycles. The summed E-state index contributed by atoms with van der Waals surface area (Å²) in [7, 11) is 2.14. The van der Waals surface area contributed by atoms with Crippen molar-refractivity contribution in [1.82, 2.24) is 19.8 Å². The van der Waals surface area contributed by atoms with Gasteiger partial charge in [-0.2, -0.15) is 0 Å². The molecule has 0 aliphatic carbocycles. The van der Waals surface area contributed by atoms with E-state index in [0.29, 0.717) is 11.2 Å². The third-order valence-electron chi connectivity index (χ3n) is 3.53. The van der Waals surface area contributed by atoms with Crippen LogP contribution < -0.4 is 0 Å². The van der Waals surface area contributed by atoms with Crippen LogP contribution in [0.15, 0.2) is 12.4 Å². The molecule has 1 unspecified atom stereocenters. The standard InChI is InChI=1S/C13H21ClN4/c1-3-18-6-4-5-12(18)10-17(2)9-11-7-16-13(14)8-15-11/h7-8,12H,3-6,9-10H2,1-2H3. The van der Waals surface area contributed by atoms with Gasteiger partial charge in [0.2, 0.25) is 0 Å².